The number of hydrogen-bond donors (Lipinski definition) is 2. The van der Waals surface area contributed by atoms with Crippen LogP contribution in [0.5, 0.6) is 0 Å². The van der Waals surface area contributed by atoms with E-state index in [0.717, 1.165) is 5.56 Å². The van der Waals surface area contributed by atoms with Crippen molar-refractivity contribution in [3.05, 3.63) is 29.3 Å². The first-order chi connectivity index (χ1) is 7.26. The summed E-state index contributed by atoms with van der Waals surface area (Å²) in [6.07, 6.45) is 0. The van der Waals surface area contributed by atoms with Crippen LogP contribution in [-0.4, -0.2) is 24.9 Å². The second-order valence-electron chi connectivity index (χ2n) is 3.57. The van der Waals surface area contributed by atoms with Crippen molar-refractivity contribution in [3.63, 3.8) is 0 Å². The van der Waals surface area contributed by atoms with Gasteiger partial charge in [-0.15, -0.1) is 0 Å². The SMILES string of the molecule is Cc1ccc(S(=O)(=O)C(N)C(=O)O)c(C)c1. The highest BCUT2D eigenvalue weighted by Gasteiger charge is 2.31. The highest BCUT2D eigenvalue weighted by atomic mass is 32.2. The summed E-state index contributed by atoms with van der Waals surface area (Å²) in [5.41, 5.74) is 6.55. The molecule has 16 heavy (non-hydrogen) atoms. The van der Waals surface area contributed by atoms with Gasteiger partial charge in [0, 0.05) is 0 Å². The maximum absolute atomic E-state index is 11.8. The predicted molar refractivity (Wildman–Crippen MR) is 58.7 cm³/mol. The fraction of sp³-hybridized carbons (Fsp3) is 0.300. The monoisotopic (exact) mass is 243 g/mol. The van der Waals surface area contributed by atoms with Crippen LogP contribution < -0.4 is 5.73 Å². The maximum Gasteiger partial charge on any atom is 0.336 e. The van der Waals surface area contributed by atoms with Gasteiger partial charge in [-0.1, -0.05) is 17.7 Å². The average Bonchev–Trinajstić information content (AvgIpc) is 2.15. The van der Waals surface area contributed by atoms with E-state index >= 15 is 0 Å². The third-order valence-corrected chi connectivity index (χ3v) is 4.16. The van der Waals surface area contributed by atoms with Gasteiger partial charge >= 0.3 is 5.97 Å². The molecule has 0 aliphatic heterocycles. The summed E-state index contributed by atoms with van der Waals surface area (Å²) in [5.74, 6) is -1.56. The van der Waals surface area contributed by atoms with Crippen molar-refractivity contribution in [1.29, 1.82) is 0 Å². The van der Waals surface area contributed by atoms with Crippen LogP contribution >= 0.6 is 0 Å². The van der Waals surface area contributed by atoms with Crippen molar-refractivity contribution in [1.82, 2.24) is 0 Å². The first-order valence-corrected chi connectivity index (χ1v) is 6.11. The lowest BCUT2D eigenvalue weighted by Crippen LogP contribution is -2.38. The number of nitrogens with two attached hydrogens (primary N) is 1. The fourth-order valence-electron chi connectivity index (χ4n) is 1.39. The van der Waals surface area contributed by atoms with Crippen LogP contribution in [0.3, 0.4) is 0 Å². The lowest BCUT2D eigenvalue weighted by Gasteiger charge is -2.11. The molecule has 0 aliphatic rings. The highest BCUT2D eigenvalue weighted by molar-refractivity contribution is 7.92. The molecule has 6 heteroatoms. The molecule has 0 aromatic heterocycles. The number of aryl methyl sites for hydroxylation is 2. The lowest BCUT2D eigenvalue weighted by atomic mass is 10.2. The van der Waals surface area contributed by atoms with E-state index < -0.39 is 21.2 Å². The smallest absolute Gasteiger partial charge is 0.336 e. The summed E-state index contributed by atoms with van der Waals surface area (Å²) in [7, 11) is -4.01. The molecule has 0 saturated carbocycles. The number of carbonyl (C=O) groups is 1. The summed E-state index contributed by atoms with van der Waals surface area (Å²) >= 11 is 0. The Kier molecular flexibility index (Phi) is 3.35. The molecule has 1 atom stereocenters. The maximum atomic E-state index is 11.8. The van der Waals surface area contributed by atoms with Crippen molar-refractivity contribution in [2.75, 3.05) is 0 Å². The van der Waals surface area contributed by atoms with Crippen LogP contribution in [0.4, 0.5) is 0 Å². The third kappa shape index (κ3) is 2.23. The van der Waals surface area contributed by atoms with E-state index in [2.05, 4.69) is 0 Å². The van der Waals surface area contributed by atoms with Crippen LogP contribution in [0, 0.1) is 13.8 Å². The molecule has 0 amide bonds. The van der Waals surface area contributed by atoms with Gasteiger partial charge in [-0.25, -0.2) is 13.2 Å². The van der Waals surface area contributed by atoms with Gasteiger partial charge in [0.15, 0.2) is 0 Å². The number of benzene rings is 1. The molecule has 5 nitrogen and oxygen atoms in total. The van der Waals surface area contributed by atoms with E-state index in [1.54, 1.807) is 19.1 Å². The molecule has 0 bridgehead atoms. The highest BCUT2D eigenvalue weighted by Crippen LogP contribution is 2.19. The van der Waals surface area contributed by atoms with E-state index in [0.29, 0.717) is 5.56 Å². The molecule has 1 rings (SSSR count). The molecule has 88 valence electrons. The number of aliphatic carboxylic acids is 1. The van der Waals surface area contributed by atoms with Crippen molar-refractivity contribution in [2.24, 2.45) is 5.73 Å². The zero-order valence-corrected chi connectivity index (χ0v) is 9.78. The molecular formula is C10H13NO4S. The molecule has 0 heterocycles. The minimum Gasteiger partial charge on any atom is -0.479 e. The Bertz CT molecular complexity index is 522. The largest absolute Gasteiger partial charge is 0.479 e. The Morgan fingerprint density at radius 2 is 1.94 bits per heavy atom. The Balaban J connectivity index is 3.33. The van der Waals surface area contributed by atoms with Crippen LogP contribution in [0.2, 0.25) is 0 Å². The van der Waals surface area contributed by atoms with Gasteiger partial charge < -0.3 is 10.8 Å². The Labute approximate surface area is 93.8 Å². The molecule has 3 N–H and O–H groups in total. The normalized spacial score (nSPS) is 13.4. The molecule has 1 aromatic rings. The molecule has 0 aliphatic carbocycles. The van der Waals surface area contributed by atoms with Gasteiger partial charge in [-0.3, -0.25) is 0 Å². The van der Waals surface area contributed by atoms with E-state index in [1.165, 1.54) is 6.07 Å². The summed E-state index contributed by atoms with van der Waals surface area (Å²) < 4.78 is 23.6. The first-order valence-electron chi connectivity index (χ1n) is 4.56. The number of hydrogen-bond acceptors (Lipinski definition) is 4. The second kappa shape index (κ2) is 4.23. The van der Waals surface area contributed by atoms with E-state index in [4.69, 9.17) is 10.8 Å². The predicted octanol–water partition coefficient (Wildman–Crippen LogP) is 0.447. The first kappa shape index (κ1) is 12.7. The number of rotatable bonds is 3. The Morgan fingerprint density at radius 1 is 1.38 bits per heavy atom. The van der Waals surface area contributed by atoms with E-state index in [-0.39, 0.29) is 4.90 Å². The summed E-state index contributed by atoms with van der Waals surface area (Å²) in [6, 6.07) is 4.65. The zero-order chi connectivity index (χ0) is 12.5. The lowest BCUT2D eigenvalue weighted by molar-refractivity contribution is -0.136. The van der Waals surface area contributed by atoms with Crippen LogP contribution in [0.15, 0.2) is 23.1 Å². The van der Waals surface area contributed by atoms with Gasteiger partial charge in [0.2, 0.25) is 15.2 Å². The molecule has 0 saturated heterocycles. The van der Waals surface area contributed by atoms with Gasteiger partial charge in [0.05, 0.1) is 4.90 Å². The molecule has 0 radical (unpaired) electrons. The number of sulfone groups is 1. The molecule has 0 fully saturated rings. The van der Waals surface area contributed by atoms with Crippen molar-refractivity contribution >= 4 is 15.8 Å². The Hall–Kier alpha value is -1.40. The summed E-state index contributed by atoms with van der Waals surface area (Å²) in [6.45, 7) is 3.43. The van der Waals surface area contributed by atoms with Crippen LogP contribution in [0.25, 0.3) is 0 Å². The average molecular weight is 243 g/mol. The molecule has 1 aromatic carbocycles. The van der Waals surface area contributed by atoms with Crippen molar-refractivity contribution in [2.45, 2.75) is 24.1 Å². The van der Waals surface area contributed by atoms with Crippen molar-refractivity contribution in [3.8, 4) is 0 Å². The van der Waals surface area contributed by atoms with E-state index in [9.17, 15) is 13.2 Å². The molecular weight excluding hydrogens is 230 g/mol. The quantitative estimate of drug-likeness (QED) is 0.803. The number of carboxylic acids is 1. The van der Waals surface area contributed by atoms with Crippen LogP contribution in [-0.2, 0) is 14.6 Å². The fourth-order valence-corrected chi connectivity index (χ4v) is 2.69. The van der Waals surface area contributed by atoms with Gasteiger partial charge in [0.1, 0.15) is 0 Å². The van der Waals surface area contributed by atoms with Crippen molar-refractivity contribution < 1.29 is 18.3 Å². The standard InChI is InChI=1S/C10H13NO4S/c1-6-3-4-8(7(2)5-6)16(14,15)9(11)10(12)13/h3-5,9H,11H2,1-2H3,(H,12,13). The van der Waals surface area contributed by atoms with Crippen LogP contribution in [0.1, 0.15) is 11.1 Å². The van der Waals surface area contributed by atoms with Gasteiger partial charge in [0.25, 0.3) is 0 Å². The topological polar surface area (TPSA) is 97.5 Å². The minimum absolute atomic E-state index is 0.0343. The second-order valence-corrected chi connectivity index (χ2v) is 5.61. The van der Waals surface area contributed by atoms with Gasteiger partial charge in [-0.2, -0.15) is 0 Å². The summed E-state index contributed by atoms with van der Waals surface area (Å²) in [5, 5.41) is 6.70. The summed E-state index contributed by atoms with van der Waals surface area (Å²) in [4.78, 5) is 10.6. The van der Waals surface area contributed by atoms with E-state index in [1.807, 2.05) is 6.92 Å². The molecule has 0 spiro atoms. The molecule has 1 unspecified atom stereocenters. The third-order valence-electron chi connectivity index (χ3n) is 2.21. The number of carboxylic acid groups (broad SMARTS) is 1. The Morgan fingerprint density at radius 3 is 2.38 bits per heavy atom. The zero-order valence-electron chi connectivity index (χ0n) is 8.97. The van der Waals surface area contributed by atoms with Gasteiger partial charge in [-0.05, 0) is 25.5 Å². The minimum atomic E-state index is -4.01.